The first-order valence-corrected chi connectivity index (χ1v) is 9.44. The highest BCUT2D eigenvalue weighted by molar-refractivity contribution is 5.84. The molecule has 0 aliphatic heterocycles. The zero-order valence-electron chi connectivity index (χ0n) is 16.1. The van der Waals surface area contributed by atoms with Crippen LogP contribution in [0.25, 0.3) is 21.9 Å². The van der Waals surface area contributed by atoms with Crippen LogP contribution in [0.3, 0.4) is 0 Å². The third-order valence-corrected chi connectivity index (χ3v) is 4.97. The number of halogens is 4. The molecule has 0 radical (unpaired) electrons. The second-order valence-corrected chi connectivity index (χ2v) is 6.91. The van der Waals surface area contributed by atoms with E-state index in [1.165, 1.54) is 30.3 Å². The van der Waals surface area contributed by atoms with Gasteiger partial charge < -0.3 is 0 Å². The number of hydrogen-bond donors (Lipinski definition) is 0. The summed E-state index contributed by atoms with van der Waals surface area (Å²) >= 11 is 0. The molecule has 0 spiro atoms. The maximum absolute atomic E-state index is 14.5. The smallest absolute Gasteiger partial charge is 0.166 e. The Labute approximate surface area is 171 Å². The number of benzene rings is 4. The summed E-state index contributed by atoms with van der Waals surface area (Å²) in [6.07, 6.45) is 0.719. The molecule has 148 valence electrons. The molecule has 30 heavy (non-hydrogen) atoms. The van der Waals surface area contributed by atoms with E-state index in [9.17, 15) is 17.6 Å². The zero-order chi connectivity index (χ0) is 21.3. The molecule has 4 rings (SSSR count). The fourth-order valence-electron chi connectivity index (χ4n) is 3.28. The number of hydrogen-bond acceptors (Lipinski definition) is 0. The molecule has 0 amide bonds. The van der Waals surface area contributed by atoms with Crippen molar-refractivity contribution in [2.24, 2.45) is 0 Å². The molecule has 0 N–H and O–H groups in total. The van der Waals surface area contributed by atoms with E-state index in [4.69, 9.17) is 0 Å². The van der Waals surface area contributed by atoms with Crippen LogP contribution >= 0.6 is 0 Å². The summed E-state index contributed by atoms with van der Waals surface area (Å²) in [5.74, 6) is 2.80. The Balaban J connectivity index is 1.65. The first-order chi connectivity index (χ1) is 14.5. The topological polar surface area (TPSA) is 0 Å². The quantitative estimate of drug-likeness (QED) is 0.249. The first-order valence-electron chi connectivity index (χ1n) is 9.44. The summed E-state index contributed by atoms with van der Waals surface area (Å²) in [4.78, 5) is 0. The fraction of sp³-hybridized carbons (Fsp3) is 0.0769. The lowest BCUT2D eigenvalue weighted by molar-refractivity contribution is 0.517. The van der Waals surface area contributed by atoms with E-state index in [1.807, 2.05) is 13.0 Å². The van der Waals surface area contributed by atoms with Crippen molar-refractivity contribution in [1.29, 1.82) is 0 Å². The van der Waals surface area contributed by atoms with Crippen LogP contribution in [-0.4, -0.2) is 0 Å². The SMILES string of the molecule is CCc1ccc(-c2ccc(C#Cc3ccc4c(F)c(F)ccc4c3)c(F)c2)c(F)c1. The summed E-state index contributed by atoms with van der Waals surface area (Å²) in [5.41, 5.74) is 2.33. The van der Waals surface area contributed by atoms with E-state index in [0.29, 0.717) is 22.1 Å². The molecule has 4 aromatic carbocycles. The van der Waals surface area contributed by atoms with Gasteiger partial charge in [-0.25, -0.2) is 17.6 Å². The van der Waals surface area contributed by atoms with E-state index in [1.54, 1.807) is 24.3 Å². The van der Waals surface area contributed by atoms with Gasteiger partial charge >= 0.3 is 0 Å². The van der Waals surface area contributed by atoms with Gasteiger partial charge in [-0.2, -0.15) is 0 Å². The summed E-state index contributed by atoms with van der Waals surface area (Å²) in [7, 11) is 0. The number of aryl methyl sites for hydroxylation is 1. The Morgan fingerprint density at radius 3 is 2.27 bits per heavy atom. The van der Waals surface area contributed by atoms with Crippen LogP contribution in [0.2, 0.25) is 0 Å². The highest BCUT2D eigenvalue weighted by atomic mass is 19.2. The third kappa shape index (κ3) is 3.79. The first kappa shape index (κ1) is 19.7. The minimum Gasteiger partial charge on any atom is -0.206 e. The molecule has 0 aromatic heterocycles. The van der Waals surface area contributed by atoms with Gasteiger partial charge in [-0.15, -0.1) is 0 Å². The summed E-state index contributed by atoms with van der Waals surface area (Å²) in [6.45, 7) is 1.94. The summed E-state index contributed by atoms with van der Waals surface area (Å²) in [5, 5.41) is 0.662. The van der Waals surface area contributed by atoms with Crippen LogP contribution in [0.5, 0.6) is 0 Å². The van der Waals surface area contributed by atoms with E-state index in [0.717, 1.165) is 18.1 Å². The average Bonchev–Trinajstić information content (AvgIpc) is 2.75. The van der Waals surface area contributed by atoms with Crippen LogP contribution in [0.4, 0.5) is 17.6 Å². The standard InChI is InChI=1S/C26H16F4/c1-2-16-4-10-21(25(29)14-16)20-8-7-18(24(28)15-20)6-3-17-5-11-22-19(13-17)9-12-23(27)26(22)30/h4-5,7-15H,2H2,1H3. The van der Waals surface area contributed by atoms with Gasteiger partial charge in [0.25, 0.3) is 0 Å². The molecule has 4 aromatic rings. The Hall–Kier alpha value is -3.58. The molecule has 0 nitrogen and oxygen atoms in total. The van der Waals surface area contributed by atoms with E-state index in [2.05, 4.69) is 11.8 Å². The lowest BCUT2D eigenvalue weighted by Gasteiger charge is -2.06. The predicted molar refractivity (Wildman–Crippen MR) is 111 cm³/mol. The van der Waals surface area contributed by atoms with Gasteiger partial charge in [0.1, 0.15) is 11.6 Å². The molecule has 0 bridgehead atoms. The van der Waals surface area contributed by atoms with Crippen molar-refractivity contribution in [2.45, 2.75) is 13.3 Å². The van der Waals surface area contributed by atoms with Crippen molar-refractivity contribution < 1.29 is 17.6 Å². The molecule has 0 heterocycles. The third-order valence-electron chi connectivity index (χ3n) is 4.97. The number of rotatable bonds is 2. The second-order valence-electron chi connectivity index (χ2n) is 6.91. The van der Waals surface area contributed by atoms with Gasteiger partial charge in [0, 0.05) is 16.5 Å². The van der Waals surface area contributed by atoms with Crippen molar-refractivity contribution in [1.82, 2.24) is 0 Å². The molecule has 0 aliphatic rings. The minimum absolute atomic E-state index is 0.159. The maximum Gasteiger partial charge on any atom is 0.166 e. The maximum atomic E-state index is 14.5. The summed E-state index contributed by atoms with van der Waals surface area (Å²) < 4.78 is 56.0. The van der Waals surface area contributed by atoms with Crippen molar-refractivity contribution in [2.75, 3.05) is 0 Å². The Morgan fingerprint density at radius 1 is 0.700 bits per heavy atom. The van der Waals surface area contributed by atoms with Crippen LogP contribution in [0, 0.1) is 35.1 Å². The predicted octanol–water partition coefficient (Wildman–Crippen LogP) is 7.03. The molecular formula is C26H16F4. The Morgan fingerprint density at radius 2 is 1.53 bits per heavy atom. The lowest BCUT2D eigenvalue weighted by Crippen LogP contribution is -1.91. The highest BCUT2D eigenvalue weighted by Crippen LogP contribution is 2.26. The van der Waals surface area contributed by atoms with Crippen molar-refractivity contribution >= 4 is 10.8 Å². The van der Waals surface area contributed by atoms with Crippen molar-refractivity contribution in [3.63, 3.8) is 0 Å². The Bertz CT molecular complexity index is 1330. The monoisotopic (exact) mass is 404 g/mol. The van der Waals surface area contributed by atoms with Crippen molar-refractivity contribution in [3.05, 3.63) is 107 Å². The van der Waals surface area contributed by atoms with E-state index in [-0.39, 0.29) is 10.9 Å². The normalized spacial score (nSPS) is 10.7. The van der Waals surface area contributed by atoms with Gasteiger partial charge in [-0.1, -0.05) is 49.1 Å². The van der Waals surface area contributed by atoms with Crippen LogP contribution in [0.1, 0.15) is 23.6 Å². The summed E-state index contributed by atoms with van der Waals surface area (Å²) in [6, 6.07) is 16.4. The highest BCUT2D eigenvalue weighted by Gasteiger charge is 2.09. The van der Waals surface area contributed by atoms with Crippen LogP contribution in [-0.2, 0) is 6.42 Å². The van der Waals surface area contributed by atoms with Gasteiger partial charge in [0.05, 0.1) is 5.56 Å². The van der Waals surface area contributed by atoms with Crippen LogP contribution in [0.15, 0.2) is 66.7 Å². The minimum atomic E-state index is -0.913. The molecule has 4 heteroatoms. The lowest BCUT2D eigenvalue weighted by atomic mass is 10.0. The van der Waals surface area contributed by atoms with E-state index < -0.39 is 23.3 Å². The average molecular weight is 404 g/mol. The molecule has 0 aliphatic carbocycles. The molecule has 0 saturated heterocycles. The molecule has 0 atom stereocenters. The molecule has 0 saturated carbocycles. The molecule has 0 unspecified atom stereocenters. The van der Waals surface area contributed by atoms with Crippen LogP contribution < -0.4 is 0 Å². The molecule has 0 fully saturated rings. The largest absolute Gasteiger partial charge is 0.206 e. The van der Waals surface area contributed by atoms with Gasteiger partial charge in [-0.05, 0) is 59.3 Å². The van der Waals surface area contributed by atoms with Crippen molar-refractivity contribution in [3.8, 4) is 23.0 Å². The van der Waals surface area contributed by atoms with Gasteiger partial charge in [-0.3, -0.25) is 0 Å². The fourth-order valence-corrected chi connectivity index (χ4v) is 3.28. The zero-order valence-corrected chi connectivity index (χ0v) is 16.1. The van der Waals surface area contributed by atoms with Gasteiger partial charge in [0.15, 0.2) is 11.6 Å². The second kappa shape index (κ2) is 8.04. The van der Waals surface area contributed by atoms with E-state index >= 15 is 0 Å². The van der Waals surface area contributed by atoms with Gasteiger partial charge in [0.2, 0.25) is 0 Å². The number of fused-ring (bicyclic) bond motifs is 1. The molecular weight excluding hydrogens is 388 g/mol. The Kier molecular flexibility index (Phi) is 5.29.